The van der Waals surface area contributed by atoms with E-state index in [2.05, 4.69) is 46.3 Å². The van der Waals surface area contributed by atoms with Crippen LogP contribution in [0.4, 0.5) is 4.79 Å². The van der Waals surface area contributed by atoms with Gasteiger partial charge in [0.05, 0.1) is 18.2 Å². The lowest BCUT2D eigenvalue weighted by molar-refractivity contribution is -0.139. The predicted molar refractivity (Wildman–Crippen MR) is 137 cm³/mol. The van der Waals surface area contributed by atoms with E-state index >= 15 is 0 Å². The van der Waals surface area contributed by atoms with Gasteiger partial charge in [0.1, 0.15) is 0 Å². The lowest BCUT2D eigenvalue weighted by atomic mass is 9.94. The minimum absolute atomic E-state index is 0.178. The molecule has 1 N–H and O–H groups in total. The Labute approximate surface area is 208 Å². The van der Waals surface area contributed by atoms with Gasteiger partial charge in [-0.15, -0.1) is 0 Å². The molecule has 0 aliphatic carbocycles. The SMILES string of the molecule is CCOC(=O)C1=C(CN2CCN(Cc3ccccc3C)CC2)N(CC)C(=O)N[C@H]1c1ccccc1. The first kappa shape index (κ1) is 24.9. The molecule has 35 heavy (non-hydrogen) atoms. The zero-order valence-electron chi connectivity index (χ0n) is 21.0. The van der Waals surface area contributed by atoms with Gasteiger partial charge in [-0.3, -0.25) is 14.7 Å². The van der Waals surface area contributed by atoms with Crippen LogP contribution in [-0.4, -0.2) is 72.6 Å². The third kappa shape index (κ3) is 5.74. The average Bonchev–Trinajstić information content (AvgIpc) is 2.87. The lowest BCUT2D eigenvalue weighted by Gasteiger charge is -2.40. The minimum atomic E-state index is -0.525. The van der Waals surface area contributed by atoms with Crippen LogP contribution in [0.25, 0.3) is 0 Å². The number of piperazine rings is 1. The van der Waals surface area contributed by atoms with Gasteiger partial charge in [-0.1, -0.05) is 54.6 Å². The second-order valence-electron chi connectivity index (χ2n) is 9.10. The first-order chi connectivity index (χ1) is 17.0. The summed E-state index contributed by atoms with van der Waals surface area (Å²) in [7, 11) is 0. The highest BCUT2D eigenvalue weighted by atomic mass is 16.5. The van der Waals surface area contributed by atoms with Gasteiger partial charge in [-0.2, -0.15) is 0 Å². The first-order valence-electron chi connectivity index (χ1n) is 12.5. The molecule has 1 fully saturated rings. The fourth-order valence-corrected chi connectivity index (χ4v) is 4.90. The Balaban J connectivity index is 1.56. The molecular formula is C28H36N4O3. The third-order valence-electron chi connectivity index (χ3n) is 6.88. The summed E-state index contributed by atoms with van der Waals surface area (Å²) in [5.74, 6) is -0.368. The quantitative estimate of drug-likeness (QED) is 0.589. The number of likely N-dealkylation sites (N-methyl/N-ethyl adjacent to an activating group) is 1. The summed E-state index contributed by atoms with van der Waals surface area (Å²) < 4.78 is 5.47. The molecule has 0 saturated carbocycles. The van der Waals surface area contributed by atoms with Gasteiger partial charge in [-0.25, -0.2) is 9.59 Å². The second-order valence-corrected chi connectivity index (χ2v) is 9.10. The molecule has 7 heteroatoms. The molecule has 0 bridgehead atoms. The maximum atomic E-state index is 13.2. The van der Waals surface area contributed by atoms with Crippen molar-refractivity contribution < 1.29 is 14.3 Å². The van der Waals surface area contributed by atoms with Crippen molar-refractivity contribution in [3.8, 4) is 0 Å². The highest BCUT2D eigenvalue weighted by Gasteiger charge is 2.38. The summed E-state index contributed by atoms with van der Waals surface area (Å²) in [6.45, 7) is 11.8. The fraction of sp³-hybridized carbons (Fsp3) is 0.429. The Morgan fingerprint density at radius 3 is 2.20 bits per heavy atom. The largest absolute Gasteiger partial charge is 0.463 e. The molecule has 2 aromatic carbocycles. The van der Waals surface area contributed by atoms with Gasteiger partial charge in [0.15, 0.2) is 0 Å². The summed E-state index contributed by atoms with van der Waals surface area (Å²) in [6, 6.07) is 17.5. The monoisotopic (exact) mass is 476 g/mol. The molecule has 2 heterocycles. The van der Waals surface area contributed by atoms with Crippen molar-refractivity contribution in [3.05, 3.63) is 82.6 Å². The van der Waals surface area contributed by atoms with Crippen molar-refractivity contribution in [3.63, 3.8) is 0 Å². The smallest absolute Gasteiger partial charge is 0.338 e. The van der Waals surface area contributed by atoms with Crippen LogP contribution >= 0.6 is 0 Å². The number of nitrogens with one attached hydrogen (secondary N) is 1. The van der Waals surface area contributed by atoms with Crippen molar-refractivity contribution in [1.82, 2.24) is 20.0 Å². The van der Waals surface area contributed by atoms with Crippen LogP contribution in [0, 0.1) is 6.92 Å². The zero-order chi connectivity index (χ0) is 24.8. The Morgan fingerprint density at radius 1 is 0.943 bits per heavy atom. The van der Waals surface area contributed by atoms with Crippen LogP contribution in [0.2, 0.25) is 0 Å². The summed E-state index contributed by atoms with van der Waals surface area (Å²) >= 11 is 0. The number of rotatable bonds is 8. The molecule has 2 amide bonds. The lowest BCUT2D eigenvalue weighted by Crippen LogP contribution is -2.53. The van der Waals surface area contributed by atoms with Crippen LogP contribution < -0.4 is 5.32 Å². The van der Waals surface area contributed by atoms with E-state index in [0.29, 0.717) is 18.7 Å². The Bertz CT molecular complexity index is 1060. The van der Waals surface area contributed by atoms with E-state index in [4.69, 9.17) is 4.74 Å². The number of amides is 2. The molecular weight excluding hydrogens is 440 g/mol. The van der Waals surface area contributed by atoms with E-state index in [0.717, 1.165) is 44.0 Å². The van der Waals surface area contributed by atoms with Gasteiger partial charge < -0.3 is 10.1 Å². The number of ether oxygens (including phenoxy) is 1. The van der Waals surface area contributed by atoms with E-state index in [1.807, 2.05) is 44.2 Å². The van der Waals surface area contributed by atoms with Crippen molar-refractivity contribution in [2.75, 3.05) is 45.9 Å². The van der Waals surface area contributed by atoms with E-state index in [-0.39, 0.29) is 18.6 Å². The summed E-state index contributed by atoms with van der Waals surface area (Å²) in [6.07, 6.45) is 0. The molecule has 0 unspecified atom stereocenters. The molecule has 7 nitrogen and oxygen atoms in total. The molecule has 1 saturated heterocycles. The zero-order valence-corrected chi connectivity index (χ0v) is 21.0. The molecule has 2 aromatic rings. The standard InChI is InChI=1S/C28H36N4O3/c1-4-32-24(20-31-17-15-30(16-18-31)19-23-14-10-9-11-21(23)3)25(27(33)35-5-2)26(29-28(32)34)22-12-7-6-8-13-22/h6-14,26H,4-5,15-20H2,1-3H3,(H,29,34)/t26-/m0/s1. The normalized spacial score (nSPS) is 19.6. The molecule has 2 aliphatic rings. The number of esters is 1. The van der Waals surface area contributed by atoms with Crippen molar-refractivity contribution in [1.29, 1.82) is 0 Å². The number of nitrogens with zero attached hydrogens (tertiary/aromatic N) is 3. The minimum Gasteiger partial charge on any atom is -0.463 e. The summed E-state index contributed by atoms with van der Waals surface area (Å²) in [5, 5.41) is 3.03. The van der Waals surface area contributed by atoms with E-state index in [9.17, 15) is 9.59 Å². The molecule has 1 atom stereocenters. The molecule has 0 spiro atoms. The number of carbonyl (C=O) groups is 2. The van der Waals surface area contributed by atoms with Crippen molar-refractivity contribution >= 4 is 12.0 Å². The van der Waals surface area contributed by atoms with Crippen LogP contribution in [0.5, 0.6) is 0 Å². The van der Waals surface area contributed by atoms with Gasteiger partial charge in [0.2, 0.25) is 0 Å². The molecule has 0 aromatic heterocycles. The number of aryl methyl sites for hydroxylation is 1. The van der Waals surface area contributed by atoms with E-state index in [1.165, 1.54) is 11.1 Å². The van der Waals surface area contributed by atoms with Crippen LogP contribution in [0.1, 0.15) is 36.6 Å². The number of carbonyl (C=O) groups excluding carboxylic acids is 2. The van der Waals surface area contributed by atoms with Crippen LogP contribution in [-0.2, 0) is 16.1 Å². The van der Waals surface area contributed by atoms with Gasteiger partial charge in [-0.05, 0) is 37.5 Å². The van der Waals surface area contributed by atoms with Crippen LogP contribution in [0.3, 0.4) is 0 Å². The number of benzene rings is 2. The Kier molecular flexibility index (Phi) is 8.21. The van der Waals surface area contributed by atoms with Crippen LogP contribution in [0.15, 0.2) is 65.9 Å². The third-order valence-corrected chi connectivity index (χ3v) is 6.88. The van der Waals surface area contributed by atoms with E-state index in [1.54, 1.807) is 4.90 Å². The van der Waals surface area contributed by atoms with Gasteiger partial charge >= 0.3 is 12.0 Å². The topological polar surface area (TPSA) is 65.1 Å². The maximum Gasteiger partial charge on any atom is 0.338 e. The average molecular weight is 477 g/mol. The van der Waals surface area contributed by atoms with Gasteiger partial charge in [0.25, 0.3) is 0 Å². The summed E-state index contributed by atoms with van der Waals surface area (Å²) in [4.78, 5) is 32.8. The van der Waals surface area contributed by atoms with E-state index < -0.39 is 6.04 Å². The predicted octanol–water partition coefficient (Wildman–Crippen LogP) is 3.72. The Morgan fingerprint density at radius 2 is 1.57 bits per heavy atom. The second kappa shape index (κ2) is 11.5. The molecule has 2 aliphatic heterocycles. The highest BCUT2D eigenvalue weighted by Crippen LogP contribution is 2.32. The molecule has 4 rings (SSSR count). The Hall–Kier alpha value is -3.16. The number of urea groups is 1. The fourth-order valence-electron chi connectivity index (χ4n) is 4.90. The molecule has 0 radical (unpaired) electrons. The first-order valence-corrected chi connectivity index (χ1v) is 12.5. The molecule has 186 valence electrons. The van der Waals surface area contributed by atoms with Crippen molar-refractivity contribution in [2.45, 2.75) is 33.4 Å². The summed E-state index contributed by atoms with van der Waals surface area (Å²) in [5.41, 5.74) is 4.83. The van der Waals surface area contributed by atoms with Crippen molar-refractivity contribution in [2.24, 2.45) is 0 Å². The van der Waals surface area contributed by atoms with Gasteiger partial charge in [0, 0.05) is 51.5 Å². The maximum absolute atomic E-state index is 13.2. The highest BCUT2D eigenvalue weighted by molar-refractivity contribution is 5.95. The number of hydrogen-bond acceptors (Lipinski definition) is 5. The number of hydrogen-bond donors (Lipinski definition) is 1.